The minimum atomic E-state index is -3.97. The third-order valence-electron chi connectivity index (χ3n) is 3.45. The number of halogens is 3. The normalized spacial score (nSPS) is 16.0. The van der Waals surface area contributed by atoms with Crippen molar-refractivity contribution in [3.8, 4) is 0 Å². The average molecular weight is 400 g/mol. The van der Waals surface area contributed by atoms with Crippen LogP contribution in [0.4, 0.5) is 10.1 Å². The summed E-state index contributed by atoms with van der Waals surface area (Å²) < 4.78 is 41.2. The first-order valence-electron chi connectivity index (χ1n) is 6.61. The summed E-state index contributed by atoms with van der Waals surface area (Å²) in [4.78, 5) is -0.470. The molecule has 8 heteroatoms. The number of anilines is 1. The van der Waals surface area contributed by atoms with E-state index < -0.39 is 20.7 Å². The lowest BCUT2D eigenvalue weighted by Gasteiger charge is -2.26. The number of nitrogens with two attached hydrogens (primary N) is 1. The van der Waals surface area contributed by atoms with Crippen molar-refractivity contribution in [1.82, 2.24) is 4.31 Å². The van der Waals surface area contributed by atoms with E-state index in [1.54, 1.807) is 13.8 Å². The molecule has 1 aromatic carbocycles. The Balaban J connectivity index is 2.51. The molecule has 0 amide bonds. The summed E-state index contributed by atoms with van der Waals surface area (Å²) in [5.74, 6) is -0.610. The second-order valence-corrected chi connectivity index (χ2v) is 8.57. The van der Waals surface area contributed by atoms with E-state index in [1.807, 2.05) is 0 Å². The van der Waals surface area contributed by atoms with E-state index in [0.29, 0.717) is 12.5 Å². The third-order valence-corrected chi connectivity index (χ3v) is 6.88. The first kappa shape index (κ1) is 17.0. The molecule has 0 aliphatic heterocycles. The summed E-state index contributed by atoms with van der Waals surface area (Å²) in [6, 6.07) is 0.841. The van der Waals surface area contributed by atoms with Gasteiger partial charge in [-0.2, -0.15) is 4.31 Å². The minimum absolute atomic E-state index is 0.0719. The van der Waals surface area contributed by atoms with Gasteiger partial charge in [-0.3, -0.25) is 0 Å². The molecule has 0 radical (unpaired) electrons. The molecule has 4 nitrogen and oxygen atoms in total. The van der Waals surface area contributed by atoms with Gasteiger partial charge in [-0.15, -0.1) is 0 Å². The molecule has 0 saturated heterocycles. The third kappa shape index (κ3) is 3.36. The maximum absolute atomic E-state index is 14.3. The molecule has 0 spiro atoms. The smallest absolute Gasteiger partial charge is 0.246 e. The molecule has 1 aromatic rings. The van der Waals surface area contributed by atoms with Gasteiger partial charge in [0.05, 0.1) is 15.2 Å². The zero-order valence-corrected chi connectivity index (χ0v) is 14.9. The Labute approximate surface area is 137 Å². The predicted octanol–water partition coefficient (Wildman–Crippen LogP) is 3.63. The molecule has 0 heterocycles. The zero-order chi connectivity index (χ0) is 15.9. The fourth-order valence-corrected chi connectivity index (χ4v) is 4.44. The molecule has 0 bridgehead atoms. The fourth-order valence-electron chi connectivity index (χ4n) is 2.05. The van der Waals surface area contributed by atoms with Gasteiger partial charge in [-0.25, -0.2) is 12.8 Å². The predicted molar refractivity (Wildman–Crippen MR) is 85.3 cm³/mol. The van der Waals surface area contributed by atoms with Crippen molar-refractivity contribution in [2.45, 2.75) is 37.6 Å². The highest BCUT2D eigenvalue weighted by Gasteiger charge is 2.35. The van der Waals surface area contributed by atoms with Crippen LogP contribution in [-0.4, -0.2) is 25.3 Å². The van der Waals surface area contributed by atoms with Crippen LogP contribution in [0.1, 0.15) is 26.7 Å². The Morgan fingerprint density at radius 3 is 2.57 bits per heavy atom. The molecule has 0 aromatic heterocycles. The van der Waals surface area contributed by atoms with E-state index in [-0.39, 0.29) is 21.2 Å². The van der Waals surface area contributed by atoms with E-state index in [2.05, 4.69) is 15.9 Å². The minimum Gasteiger partial charge on any atom is -0.395 e. The molecule has 1 aliphatic carbocycles. The summed E-state index contributed by atoms with van der Waals surface area (Å²) in [6.45, 7) is 3.93. The number of benzene rings is 1. The van der Waals surface area contributed by atoms with Gasteiger partial charge in [0, 0.05) is 12.6 Å². The lowest BCUT2D eigenvalue weighted by Crippen LogP contribution is -2.39. The van der Waals surface area contributed by atoms with Gasteiger partial charge in [0.2, 0.25) is 10.0 Å². The highest BCUT2D eigenvalue weighted by atomic mass is 79.9. The van der Waals surface area contributed by atoms with Crippen LogP contribution < -0.4 is 5.73 Å². The molecule has 21 heavy (non-hydrogen) atoms. The maximum atomic E-state index is 14.3. The van der Waals surface area contributed by atoms with Crippen LogP contribution in [-0.2, 0) is 10.0 Å². The number of hydrogen-bond donors (Lipinski definition) is 1. The second-order valence-electron chi connectivity index (χ2n) is 5.51. The Bertz CT molecular complexity index is 663. The summed E-state index contributed by atoms with van der Waals surface area (Å²) >= 11 is 8.96. The van der Waals surface area contributed by atoms with Crippen molar-refractivity contribution in [3.63, 3.8) is 0 Å². The zero-order valence-electron chi connectivity index (χ0n) is 11.7. The molecular formula is C13H17BrClFN2O2S. The van der Waals surface area contributed by atoms with Gasteiger partial charge >= 0.3 is 0 Å². The maximum Gasteiger partial charge on any atom is 0.246 e. The van der Waals surface area contributed by atoms with Crippen LogP contribution in [0.25, 0.3) is 0 Å². The monoisotopic (exact) mass is 398 g/mol. The molecule has 1 saturated carbocycles. The van der Waals surface area contributed by atoms with Crippen LogP contribution in [0.15, 0.2) is 15.4 Å². The number of nitrogens with zero attached hydrogens (tertiary/aromatic N) is 1. The fraction of sp³-hybridized carbons (Fsp3) is 0.538. The molecule has 0 unspecified atom stereocenters. The van der Waals surface area contributed by atoms with Crippen LogP contribution in [0.2, 0.25) is 5.02 Å². The summed E-state index contributed by atoms with van der Waals surface area (Å²) in [7, 11) is -3.97. The quantitative estimate of drug-likeness (QED) is 0.607. The lowest BCUT2D eigenvalue weighted by molar-refractivity contribution is 0.340. The Morgan fingerprint density at radius 1 is 1.52 bits per heavy atom. The van der Waals surface area contributed by atoms with Gasteiger partial charge in [0.25, 0.3) is 0 Å². The summed E-state index contributed by atoms with van der Waals surface area (Å²) in [5.41, 5.74) is 5.29. The van der Waals surface area contributed by atoms with Gasteiger partial charge < -0.3 is 5.73 Å². The van der Waals surface area contributed by atoms with Crippen molar-refractivity contribution >= 4 is 43.2 Å². The van der Waals surface area contributed by atoms with Crippen molar-refractivity contribution < 1.29 is 12.8 Å². The molecule has 0 atom stereocenters. The van der Waals surface area contributed by atoms with Gasteiger partial charge in [-0.05, 0) is 54.6 Å². The largest absolute Gasteiger partial charge is 0.395 e. The van der Waals surface area contributed by atoms with Crippen LogP contribution in [0.5, 0.6) is 0 Å². The molecule has 118 valence electrons. The molecule has 1 fully saturated rings. The molecule has 2 N–H and O–H groups in total. The van der Waals surface area contributed by atoms with Crippen LogP contribution in [0.3, 0.4) is 0 Å². The summed E-state index contributed by atoms with van der Waals surface area (Å²) in [6.07, 6.45) is 2.01. The van der Waals surface area contributed by atoms with Crippen molar-refractivity contribution in [1.29, 1.82) is 0 Å². The van der Waals surface area contributed by atoms with E-state index in [4.69, 9.17) is 17.3 Å². The first-order chi connectivity index (χ1) is 9.66. The van der Waals surface area contributed by atoms with Crippen molar-refractivity contribution in [2.24, 2.45) is 5.92 Å². The van der Waals surface area contributed by atoms with E-state index in [0.717, 1.165) is 18.9 Å². The Kier molecular flexibility index (Phi) is 4.87. The van der Waals surface area contributed by atoms with E-state index in [1.165, 1.54) is 4.31 Å². The SMILES string of the molecule is CC(C)N(CC1CC1)S(=O)(=O)c1cc(Cl)c(Br)c(N)c1F. The second kappa shape index (κ2) is 6.02. The first-order valence-corrected chi connectivity index (χ1v) is 9.22. The van der Waals surface area contributed by atoms with E-state index >= 15 is 0 Å². The highest BCUT2D eigenvalue weighted by molar-refractivity contribution is 9.10. The Hall–Kier alpha value is -0.370. The number of hydrogen-bond acceptors (Lipinski definition) is 3. The highest BCUT2D eigenvalue weighted by Crippen LogP contribution is 2.37. The van der Waals surface area contributed by atoms with Gasteiger partial charge in [-0.1, -0.05) is 11.6 Å². The molecule has 2 rings (SSSR count). The van der Waals surface area contributed by atoms with E-state index in [9.17, 15) is 12.8 Å². The van der Waals surface area contributed by atoms with Crippen molar-refractivity contribution in [2.75, 3.05) is 12.3 Å². The average Bonchev–Trinajstić information content (AvgIpc) is 3.21. The van der Waals surface area contributed by atoms with Crippen molar-refractivity contribution in [3.05, 3.63) is 21.4 Å². The van der Waals surface area contributed by atoms with Crippen LogP contribution >= 0.6 is 27.5 Å². The Morgan fingerprint density at radius 2 is 2.10 bits per heavy atom. The molecular weight excluding hydrogens is 383 g/mol. The standard InChI is InChI=1S/C13H17BrClFN2O2S/c1-7(2)18(6-8-3-4-8)21(19,20)10-5-9(15)11(14)13(17)12(10)16/h5,7-8H,3-4,6,17H2,1-2H3. The lowest BCUT2D eigenvalue weighted by atomic mass is 10.3. The van der Waals surface area contributed by atoms with Gasteiger partial charge in [0.1, 0.15) is 4.90 Å². The number of sulfonamides is 1. The number of rotatable bonds is 5. The molecule has 1 aliphatic rings. The van der Waals surface area contributed by atoms with Crippen LogP contribution in [0, 0.1) is 11.7 Å². The summed E-state index contributed by atoms with van der Waals surface area (Å²) in [5, 5.41) is 0.0719. The van der Waals surface area contributed by atoms with Gasteiger partial charge in [0.15, 0.2) is 5.82 Å². The number of nitrogen functional groups attached to an aromatic ring is 1. The topological polar surface area (TPSA) is 63.4 Å².